The van der Waals surface area contributed by atoms with Crippen molar-refractivity contribution in [2.75, 3.05) is 11.9 Å². The molecule has 4 rings (SSSR count). The maximum Gasteiger partial charge on any atom is 0.354 e. The number of esters is 1. The van der Waals surface area contributed by atoms with Gasteiger partial charge >= 0.3 is 17.3 Å². The summed E-state index contributed by atoms with van der Waals surface area (Å²) >= 11 is 0. The molecule has 1 aliphatic rings. The van der Waals surface area contributed by atoms with E-state index in [1.54, 1.807) is 6.92 Å². The van der Waals surface area contributed by atoms with Crippen LogP contribution in [0.1, 0.15) is 43.7 Å². The summed E-state index contributed by atoms with van der Waals surface area (Å²) in [6.07, 6.45) is 3.52. The Morgan fingerprint density at radius 1 is 1.06 bits per heavy atom. The highest BCUT2D eigenvalue weighted by molar-refractivity contribution is 5.69. The minimum absolute atomic E-state index is 0.0928. The zero-order chi connectivity index (χ0) is 24.8. The van der Waals surface area contributed by atoms with Crippen LogP contribution < -0.4 is 21.4 Å². The van der Waals surface area contributed by atoms with E-state index in [1.807, 2.05) is 55.5 Å². The van der Waals surface area contributed by atoms with Gasteiger partial charge in [-0.1, -0.05) is 29.8 Å². The average Bonchev–Trinajstić information content (AvgIpc) is 2.81. The number of hydrogen-bond acceptors (Lipinski definition) is 7. The normalized spacial score (nSPS) is 13.2. The fraction of sp³-hybridized carbons (Fsp3) is 0.385. The fourth-order valence-electron chi connectivity index (χ4n) is 3.70. The number of benzene rings is 2. The van der Waals surface area contributed by atoms with E-state index in [0.29, 0.717) is 5.69 Å². The molecule has 0 saturated heterocycles. The van der Waals surface area contributed by atoms with Crippen molar-refractivity contribution >= 4 is 17.6 Å². The molecule has 1 fully saturated rings. The molecular weight excluding hydrogens is 448 g/mol. The Morgan fingerprint density at radius 2 is 1.77 bits per heavy atom. The molecule has 0 unspecified atom stereocenters. The number of carbonyl (C=O) groups is 1. The predicted octanol–water partition coefficient (Wildman–Crippen LogP) is 3.39. The summed E-state index contributed by atoms with van der Waals surface area (Å²) in [4.78, 5) is 42.0. The highest BCUT2D eigenvalue weighted by atomic mass is 16.5. The molecular formula is C26H30N4O5. The second kappa shape index (κ2) is 11.0. The van der Waals surface area contributed by atoms with Gasteiger partial charge in [0, 0.05) is 12.2 Å². The molecule has 1 aromatic heterocycles. The molecule has 0 bridgehead atoms. The topological polar surface area (TPSA) is 104 Å². The monoisotopic (exact) mass is 478 g/mol. The molecule has 9 heteroatoms. The van der Waals surface area contributed by atoms with E-state index in [2.05, 4.69) is 10.3 Å². The maximum atomic E-state index is 13.3. The van der Waals surface area contributed by atoms with Crippen LogP contribution in [0.2, 0.25) is 0 Å². The molecule has 3 aromatic rings. The van der Waals surface area contributed by atoms with Crippen LogP contribution in [0.15, 0.2) is 58.1 Å². The third kappa shape index (κ3) is 6.17. The maximum absolute atomic E-state index is 13.3. The van der Waals surface area contributed by atoms with Gasteiger partial charge in [-0.15, -0.1) is 0 Å². The van der Waals surface area contributed by atoms with Gasteiger partial charge in [-0.05, 0) is 62.9 Å². The van der Waals surface area contributed by atoms with Gasteiger partial charge in [0.1, 0.15) is 5.75 Å². The van der Waals surface area contributed by atoms with E-state index < -0.39 is 17.3 Å². The molecule has 2 aromatic carbocycles. The number of aryl methyl sites for hydroxylation is 1. The first-order valence-electron chi connectivity index (χ1n) is 11.9. The van der Waals surface area contributed by atoms with Crippen molar-refractivity contribution in [3.05, 3.63) is 80.6 Å². The highest BCUT2D eigenvalue weighted by Gasteiger charge is 2.19. The molecule has 35 heavy (non-hydrogen) atoms. The van der Waals surface area contributed by atoms with Gasteiger partial charge in [0.25, 0.3) is 0 Å². The number of carbonyl (C=O) groups excluding carboxylic acids is 1. The summed E-state index contributed by atoms with van der Waals surface area (Å²) in [7, 11) is 0. The van der Waals surface area contributed by atoms with Crippen LogP contribution >= 0.6 is 0 Å². The summed E-state index contributed by atoms with van der Waals surface area (Å²) in [6, 6.07) is 15.1. The number of aromatic nitrogens is 3. The third-order valence-electron chi connectivity index (χ3n) is 5.92. The Labute approximate surface area is 203 Å². The number of rotatable bonds is 10. The van der Waals surface area contributed by atoms with Gasteiger partial charge in [-0.3, -0.25) is 9.36 Å². The fourth-order valence-corrected chi connectivity index (χ4v) is 3.70. The lowest BCUT2D eigenvalue weighted by Gasteiger charge is -2.26. The second-order valence-electron chi connectivity index (χ2n) is 8.60. The molecule has 1 aliphatic carbocycles. The molecule has 0 spiro atoms. The van der Waals surface area contributed by atoms with E-state index in [-0.39, 0.29) is 38.2 Å². The van der Waals surface area contributed by atoms with Crippen molar-refractivity contribution in [2.24, 2.45) is 0 Å². The number of ether oxygens (including phenoxy) is 2. The summed E-state index contributed by atoms with van der Waals surface area (Å²) in [5.74, 6) is 0.426. The number of hydrogen-bond donors (Lipinski definition) is 1. The molecule has 0 radical (unpaired) electrons. The lowest BCUT2D eigenvalue weighted by molar-refractivity contribution is -0.143. The number of nitrogens with zero attached hydrogens (tertiary/aromatic N) is 3. The summed E-state index contributed by atoms with van der Waals surface area (Å²) in [6.45, 7) is 4.02. The minimum Gasteiger partial charge on any atom is -0.490 e. The molecule has 1 heterocycles. The lowest BCUT2D eigenvalue weighted by Crippen LogP contribution is -2.43. The first-order valence-corrected chi connectivity index (χ1v) is 11.9. The standard InChI is InChI=1S/C26H30N4O5/c1-3-34-23(31)15-16-29-25(32)28-24(30(26(29)33)17-19-9-7-18(2)8-10-19)27-20-11-13-22(14-12-20)35-21-5-4-6-21/h7-14,21H,3-6,15-17H2,1-2H3,(H,27,28,32). The Morgan fingerprint density at radius 3 is 2.40 bits per heavy atom. The second-order valence-corrected chi connectivity index (χ2v) is 8.60. The SMILES string of the molecule is CCOC(=O)CCn1c(=O)nc(Nc2ccc(OC3CCC3)cc2)n(Cc2ccc(C)cc2)c1=O. The van der Waals surface area contributed by atoms with Crippen molar-refractivity contribution < 1.29 is 14.3 Å². The van der Waals surface area contributed by atoms with Crippen molar-refractivity contribution in [1.29, 1.82) is 0 Å². The predicted molar refractivity (Wildman–Crippen MR) is 132 cm³/mol. The van der Waals surface area contributed by atoms with Crippen LogP contribution in [-0.4, -0.2) is 32.8 Å². The van der Waals surface area contributed by atoms with E-state index >= 15 is 0 Å². The van der Waals surface area contributed by atoms with Crippen LogP contribution in [-0.2, 0) is 22.6 Å². The van der Waals surface area contributed by atoms with Crippen molar-refractivity contribution in [1.82, 2.24) is 14.1 Å². The van der Waals surface area contributed by atoms with Crippen LogP contribution in [0.3, 0.4) is 0 Å². The van der Waals surface area contributed by atoms with Gasteiger partial charge < -0.3 is 14.8 Å². The average molecular weight is 479 g/mol. The van der Waals surface area contributed by atoms with E-state index in [0.717, 1.165) is 34.3 Å². The molecule has 1 saturated carbocycles. The van der Waals surface area contributed by atoms with E-state index in [9.17, 15) is 14.4 Å². The Balaban J connectivity index is 1.62. The van der Waals surface area contributed by atoms with Crippen LogP contribution in [0.25, 0.3) is 0 Å². The lowest BCUT2D eigenvalue weighted by atomic mass is 9.96. The van der Waals surface area contributed by atoms with Gasteiger partial charge in [0.05, 0.1) is 25.7 Å². The zero-order valence-corrected chi connectivity index (χ0v) is 20.0. The van der Waals surface area contributed by atoms with Gasteiger partial charge in [-0.2, -0.15) is 4.98 Å². The van der Waals surface area contributed by atoms with Crippen LogP contribution in [0.5, 0.6) is 5.75 Å². The van der Waals surface area contributed by atoms with Gasteiger partial charge in [-0.25, -0.2) is 14.2 Å². The minimum atomic E-state index is -0.730. The smallest absolute Gasteiger partial charge is 0.354 e. The molecule has 1 N–H and O–H groups in total. The third-order valence-corrected chi connectivity index (χ3v) is 5.92. The largest absolute Gasteiger partial charge is 0.490 e. The Kier molecular flexibility index (Phi) is 7.64. The summed E-state index contributed by atoms with van der Waals surface area (Å²) < 4.78 is 13.2. The quantitative estimate of drug-likeness (QED) is 0.446. The first kappa shape index (κ1) is 24.3. The molecule has 0 aliphatic heterocycles. The highest BCUT2D eigenvalue weighted by Crippen LogP contribution is 2.26. The zero-order valence-electron chi connectivity index (χ0n) is 20.0. The summed E-state index contributed by atoms with van der Waals surface area (Å²) in [5.41, 5.74) is 1.36. The van der Waals surface area contributed by atoms with E-state index in [4.69, 9.17) is 9.47 Å². The van der Waals surface area contributed by atoms with Gasteiger partial charge in [0.2, 0.25) is 5.95 Å². The molecule has 0 atom stereocenters. The molecule has 9 nitrogen and oxygen atoms in total. The number of nitrogens with one attached hydrogen (secondary N) is 1. The Bertz CT molecular complexity index is 1280. The van der Waals surface area contributed by atoms with E-state index in [1.165, 1.54) is 11.0 Å². The van der Waals surface area contributed by atoms with Crippen molar-refractivity contribution in [3.63, 3.8) is 0 Å². The van der Waals surface area contributed by atoms with Crippen LogP contribution in [0.4, 0.5) is 11.6 Å². The van der Waals surface area contributed by atoms with Crippen molar-refractivity contribution in [3.8, 4) is 5.75 Å². The van der Waals surface area contributed by atoms with Crippen molar-refractivity contribution in [2.45, 2.75) is 58.7 Å². The Hall–Kier alpha value is -3.88. The van der Waals surface area contributed by atoms with Crippen LogP contribution in [0, 0.1) is 6.92 Å². The van der Waals surface area contributed by atoms with Gasteiger partial charge in [0.15, 0.2) is 0 Å². The molecule has 184 valence electrons. The molecule has 0 amide bonds. The summed E-state index contributed by atoms with van der Waals surface area (Å²) in [5, 5.41) is 3.10. The number of anilines is 2. The first-order chi connectivity index (χ1) is 16.9.